The van der Waals surface area contributed by atoms with Crippen molar-refractivity contribution in [2.24, 2.45) is 0 Å². The van der Waals surface area contributed by atoms with Crippen LogP contribution in [0.2, 0.25) is 0 Å². The molecule has 142 valence electrons. The summed E-state index contributed by atoms with van der Waals surface area (Å²) in [6.07, 6.45) is 1.67. The van der Waals surface area contributed by atoms with E-state index < -0.39 is 5.92 Å². The molecule has 0 saturated heterocycles. The summed E-state index contributed by atoms with van der Waals surface area (Å²) in [7, 11) is 3.18. The smallest absolute Gasteiger partial charge is 0.267 e. The summed E-state index contributed by atoms with van der Waals surface area (Å²) in [5.74, 6) is 1.61. The minimum Gasteiger partial charge on any atom is -0.493 e. The van der Waals surface area contributed by atoms with Gasteiger partial charge >= 0.3 is 0 Å². The van der Waals surface area contributed by atoms with Crippen LogP contribution in [0.3, 0.4) is 0 Å². The van der Waals surface area contributed by atoms with Gasteiger partial charge < -0.3 is 9.47 Å². The molecule has 2 aromatic rings. The number of hydrogen-bond acceptors (Lipinski definition) is 6. The maximum absolute atomic E-state index is 10.1. The number of nitrogens with one attached hydrogen (secondary N) is 1. The van der Waals surface area contributed by atoms with Gasteiger partial charge in [-0.25, -0.2) is 0 Å². The van der Waals surface area contributed by atoms with E-state index in [9.17, 15) is 5.26 Å². The van der Waals surface area contributed by atoms with Crippen molar-refractivity contribution in [3.8, 4) is 17.6 Å². The lowest BCUT2D eigenvalue weighted by Crippen LogP contribution is -2.41. The predicted octanol–water partition coefficient (Wildman–Crippen LogP) is 2.46. The fraction of sp³-hybridized carbons (Fsp3) is 0.500. The number of amidine groups is 1. The molecule has 0 fully saturated rings. The first-order valence-electron chi connectivity index (χ1n) is 9.00. The highest BCUT2D eigenvalue weighted by molar-refractivity contribution is 5.95. The molecular weight excluding hydrogens is 342 g/mol. The van der Waals surface area contributed by atoms with Gasteiger partial charge in [-0.05, 0) is 33.8 Å². The van der Waals surface area contributed by atoms with Crippen LogP contribution in [0, 0.1) is 11.3 Å². The van der Waals surface area contributed by atoms with Gasteiger partial charge in [-0.2, -0.15) is 15.5 Å². The Morgan fingerprint density at radius 2 is 1.89 bits per heavy atom. The molecule has 0 radical (unpaired) electrons. The zero-order valence-electron chi connectivity index (χ0n) is 16.7. The number of aromatic nitrogens is 2. The molecule has 7 heteroatoms. The lowest BCUT2D eigenvalue weighted by Gasteiger charge is -2.15. The SMILES string of the molecule is COc1cc2nncc([C@H](C#N)C3=[N+](C(C)C)CC(C)(C)N3)c2cc1OC. The van der Waals surface area contributed by atoms with Crippen LogP contribution in [0.4, 0.5) is 0 Å². The first-order valence-corrected chi connectivity index (χ1v) is 9.00. The van der Waals surface area contributed by atoms with E-state index in [1.54, 1.807) is 26.5 Å². The van der Waals surface area contributed by atoms with Crippen molar-refractivity contribution in [2.45, 2.75) is 45.2 Å². The topological polar surface area (TPSA) is 83.1 Å². The van der Waals surface area contributed by atoms with Crippen LogP contribution in [0.15, 0.2) is 18.3 Å². The van der Waals surface area contributed by atoms with Crippen LogP contribution < -0.4 is 14.8 Å². The monoisotopic (exact) mass is 368 g/mol. The van der Waals surface area contributed by atoms with Crippen LogP contribution in [0.25, 0.3) is 10.9 Å². The summed E-state index contributed by atoms with van der Waals surface area (Å²) >= 11 is 0. The normalized spacial score (nSPS) is 17.0. The lowest BCUT2D eigenvalue weighted by molar-refractivity contribution is -0.556. The molecule has 7 nitrogen and oxygen atoms in total. The van der Waals surface area contributed by atoms with Gasteiger partial charge in [-0.1, -0.05) is 0 Å². The number of rotatable bonds is 5. The summed E-state index contributed by atoms with van der Waals surface area (Å²) in [4.78, 5) is 0. The van der Waals surface area contributed by atoms with E-state index in [1.807, 2.05) is 6.07 Å². The lowest BCUT2D eigenvalue weighted by atomic mass is 9.96. The van der Waals surface area contributed by atoms with Gasteiger partial charge in [-0.15, -0.1) is 0 Å². The number of methoxy groups -OCH3 is 2. The predicted molar refractivity (Wildman–Crippen MR) is 103 cm³/mol. The Hall–Kier alpha value is -2.88. The maximum atomic E-state index is 10.1. The molecule has 2 heterocycles. The number of ether oxygens (including phenoxy) is 2. The summed E-state index contributed by atoms with van der Waals surface area (Å²) in [6, 6.07) is 6.39. The second-order valence-electron chi connectivity index (χ2n) is 7.70. The molecule has 0 bridgehead atoms. The van der Waals surface area contributed by atoms with Gasteiger partial charge in [0.2, 0.25) is 0 Å². The van der Waals surface area contributed by atoms with E-state index in [0.29, 0.717) is 17.0 Å². The Morgan fingerprint density at radius 1 is 1.22 bits per heavy atom. The Morgan fingerprint density at radius 3 is 2.48 bits per heavy atom. The van der Waals surface area contributed by atoms with E-state index in [2.05, 4.69) is 53.9 Å². The molecule has 0 spiro atoms. The van der Waals surface area contributed by atoms with Crippen molar-refractivity contribution >= 4 is 16.7 Å². The summed E-state index contributed by atoms with van der Waals surface area (Å²) in [5, 5.41) is 22.8. The van der Waals surface area contributed by atoms with Crippen LogP contribution in [-0.4, -0.2) is 53.0 Å². The van der Waals surface area contributed by atoms with Crippen LogP contribution in [0.5, 0.6) is 11.5 Å². The number of fused-ring (bicyclic) bond motifs is 1. The Balaban J connectivity index is 2.20. The molecule has 1 aliphatic heterocycles. The Labute approximate surface area is 159 Å². The quantitative estimate of drug-likeness (QED) is 0.816. The number of hydrogen-bond donors (Lipinski definition) is 1. The fourth-order valence-corrected chi connectivity index (χ4v) is 3.58. The van der Waals surface area contributed by atoms with E-state index in [4.69, 9.17) is 9.47 Å². The molecule has 1 atom stereocenters. The molecule has 0 saturated carbocycles. The molecule has 1 N–H and O–H groups in total. The van der Waals surface area contributed by atoms with Crippen molar-refractivity contribution < 1.29 is 14.0 Å². The Bertz CT molecular complexity index is 943. The second kappa shape index (κ2) is 7.03. The van der Waals surface area contributed by atoms with Gasteiger partial charge in [0.15, 0.2) is 17.4 Å². The van der Waals surface area contributed by atoms with Gasteiger partial charge in [-0.3, -0.25) is 9.89 Å². The van der Waals surface area contributed by atoms with Crippen molar-refractivity contribution in [1.82, 2.24) is 15.5 Å². The van der Waals surface area contributed by atoms with Gasteiger partial charge in [0.25, 0.3) is 5.84 Å². The fourth-order valence-electron chi connectivity index (χ4n) is 3.58. The molecule has 0 aliphatic carbocycles. The van der Waals surface area contributed by atoms with Gasteiger partial charge in [0.05, 0.1) is 38.0 Å². The third kappa shape index (κ3) is 3.39. The van der Waals surface area contributed by atoms with Crippen molar-refractivity contribution in [1.29, 1.82) is 5.26 Å². The standard InChI is InChI=1S/C20H25N5O2/c1-12(2)25-11-20(3,4)23-19(25)14(9-21)15-10-22-24-16-8-18(27-6)17(26-5)7-13(15)16/h7-8,10,12,14H,11H2,1-6H3/p+1/t14-/m0/s1. The Kier molecular flexibility index (Phi) is 4.92. The average molecular weight is 368 g/mol. The molecule has 3 rings (SSSR count). The molecule has 27 heavy (non-hydrogen) atoms. The molecule has 1 aromatic heterocycles. The van der Waals surface area contributed by atoms with E-state index >= 15 is 0 Å². The minimum absolute atomic E-state index is 0.105. The molecule has 0 amide bonds. The maximum Gasteiger partial charge on any atom is 0.267 e. The van der Waals surface area contributed by atoms with Crippen molar-refractivity contribution in [2.75, 3.05) is 20.8 Å². The van der Waals surface area contributed by atoms with Crippen LogP contribution in [0.1, 0.15) is 39.2 Å². The van der Waals surface area contributed by atoms with Gasteiger partial charge in [0, 0.05) is 17.0 Å². The first-order chi connectivity index (χ1) is 12.8. The zero-order chi connectivity index (χ0) is 19.8. The molecule has 1 aromatic carbocycles. The molecule has 1 aliphatic rings. The highest BCUT2D eigenvalue weighted by atomic mass is 16.5. The number of nitrogens with zero attached hydrogens (tertiary/aromatic N) is 4. The number of benzene rings is 1. The van der Waals surface area contributed by atoms with Crippen LogP contribution in [-0.2, 0) is 0 Å². The summed E-state index contributed by atoms with van der Waals surface area (Å²) in [6.45, 7) is 9.38. The van der Waals surface area contributed by atoms with E-state index in [1.165, 1.54) is 0 Å². The summed E-state index contributed by atoms with van der Waals surface area (Å²) < 4.78 is 13.1. The van der Waals surface area contributed by atoms with Crippen LogP contribution >= 0.6 is 0 Å². The van der Waals surface area contributed by atoms with E-state index in [0.717, 1.165) is 23.3 Å². The third-order valence-electron chi connectivity index (χ3n) is 4.85. The van der Waals surface area contributed by atoms with Gasteiger partial charge in [0.1, 0.15) is 12.1 Å². The summed E-state index contributed by atoms with van der Waals surface area (Å²) in [5.41, 5.74) is 1.36. The van der Waals surface area contributed by atoms with Crippen molar-refractivity contribution in [3.63, 3.8) is 0 Å². The molecular formula is C20H26N5O2+. The molecule has 0 unspecified atom stereocenters. The first kappa shape index (κ1) is 18.9. The van der Waals surface area contributed by atoms with E-state index in [-0.39, 0.29) is 11.6 Å². The largest absolute Gasteiger partial charge is 0.493 e. The minimum atomic E-state index is -0.481. The van der Waals surface area contributed by atoms with Crippen molar-refractivity contribution in [3.05, 3.63) is 23.9 Å². The highest BCUT2D eigenvalue weighted by Gasteiger charge is 2.43. The second-order valence-corrected chi connectivity index (χ2v) is 7.70. The average Bonchev–Trinajstić information content (AvgIpc) is 2.97. The zero-order valence-corrected chi connectivity index (χ0v) is 16.7. The number of nitriles is 1. The highest BCUT2D eigenvalue weighted by Crippen LogP contribution is 2.35. The third-order valence-corrected chi connectivity index (χ3v) is 4.85.